The number of carbonyl (C=O) groups excluding carboxylic acids is 1. The van der Waals surface area contributed by atoms with Crippen LogP contribution in [0.2, 0.25) is 4.47 Å². The number of hydrogen-bond donors (Lipinski definition) is 1. The van der Waals surface area contributed by atoms with Crippen LogP contribution >= 0.6 is 22.9 Å². The minimum Gasteiger partial charge on any atom is -0.347 e. The Morgan fingerprint density at radius 2 is 2.08 bits per heavy atom. The number of halogens is 1. The Balaban J connectivity index is 1.68. The van der Waals surface area contributed by atoms with Gasteiger partial charge < -0.3 is 5.32 Å². The fraction of sp³-hybridized carbons (Fsp3) is 0.333. The number of sulfonamides is 1. The predicted molar refractivity (Wildman–Crippen MR) is 92.9 cm³/mol. The molecule has 6 nitrogen and oxygen atoms in total. The first-order valence-electron chi connectivity index (χ1n) is 7.37. The van der Waals surface area contributed by atoms with E-state index in [4.69, 9.17) is 11.6 Å². The first kappa shape index (κ1) is 17.3. The van der Waals surface area contributed by atoms with Gasteiger partial charge in [0.2, 0.25) is 10.0 Å². The zero-order valence-electron chi connectivity index (χ0n) is 12.9. The van der Waals surface area contributed by atoms with E-state index in [1.165, 1.54) is 4.31 Å². The van der Waals surface area contributed by atoms with Gasteiger partial charge in [0.1, 0.15) is 4.88 Å². The summed E-state index contributed by atoms with van der Waals surface area (Å²) in [6.07, 6.45) is 0.573. The van der Waals surface area contributed by atoms with Gasteiger partial charge in [-0.1, -0.05) is 41.1 Å². The van der Waals surface area contributed by atoms with E-state index in [1.54, 1.807) is 37.3 Å². The molecule has 0 aliphatic carbocycles. The third-order valence-corrected chi connectivity index (χ3v) is 6.98. The molecule has 0 spiro atoms. The molecule has 2 aromatic rings. The molecule has 1 saturated heterocycles. The smallest absolute Gasteiger partial charge is 0.263 e. The number of rotatable bonds is 4. The average molecular weight is 386 g/mol. The Morgan fingerprint density at radius 3 is 2.71 bits per heavy atom. The lowest BCUT2D eigenvalue weighted by Gasteiger charge is -2.17. The first-order valence-corrected chi connectivity index (χ1v) is 10.0. The molecular weight excluding hydrogens is 370 g/mol. The normalized spacial score (nSPS) is 18.7. The van der Waals surface area contributed by atoms with E-state index in [0.29, 0.717) is 28.0 Å². The number of carbonyl (C=O) groups is 1. The standard InChI is InChI=1S/C15H16ClN3O3S2/c1-10-13(23-15(16)17-10)14(20)18-11-7-8-19(9-11)24(21,22)12-5-3-2-4-6-12/h2-6,11H,7-9H2,1H3,(H,18,20)/t11-/m0/s1. The molecule has 24 heavy (non-hydrogen) atoms. The highest BCUT2D eigenvalue weighted by Gasteiger charge is 2.33. The molecule has 1 fully saturated rings. The zero-order chi connectivity index (χ0) is 17.3. The molecule has 2 heterocycles. The lowest BCUT2D eigenvalue weighted by atomic mass is 10.2. The Bertz CT molecular complexity index is 852. The quantitative estimate of drug-likeness (QED) is 0.875. The van der Waals surface area contributed by atoms with Crippen LogP contribution in [0.1, 0.15) is 21.8 Å². The van der Waals surface area contributed by atoms with Crippen LogP contribution in [0, 0.1) is 6.92 Å². The molecule has 0 radical (unpaired) electrons. The van der Waals surface area contributed by atoms with Crippen LogP contribution in [0.15, 0.2) is 35.2 Å². The van der Waals surface area contributed by atoms with Crippen LogP contribution in [0.3, 0.4) is 0 Å². The first-order chi connectivity index (χ1) is 11.4. The lowest BCUT2D eigenvalue weighted by Crippen LogP contribution is -2.38. The van der Waals surface area contributed by atoms with E-state index in [9.17, 15) is 13.2 Å². The molecular formula is C15H16ClN3O3S2. The Morgan fingerprint density at radius 1 is 1.38 bits per heavy atom. The van der Waals surface area contributed by atoms with E-state index >= 15 is 0 Å². The van der Waals surface area contributed by atoms with Crippen LogP contribution < -0.4 is 5.32 Å². The molecule has 1 aliphatic rings. The van der Waals surface area contributed by atoms with Gasteiger partial charge in [0.05, 0.1) is 10.6 Å². The molecule has 128 valence electrons. The summed E-state index contributed by atoms with van der Waals surface area (Å²) in [5.41, 5.74) is 0.578. The molecule has 0 bridgehead atoms. The molecule has 3 rings (SSSR count). The van der Waals surface area contributed by atoms with Crippen LogP contribution in [0.25, 0.3) is 0 Å². The van der Waals surface area contributed by atoms with Gasteiger partial charge in [-0.25, -0.2) is 13.4 Å². The molecule has 1 amide bonds. The van der Waals surface area contributed by atoms with Gasteiger partial charge in [0.25, 0.3) is 5.91 Å². The summed E-state index contributed by atoms with van der Waals surface area (Å²) >= 11 is 6.94. The number of thiazole rings is 1. The number of hydrogen-bond acceptors (Lipinski definition) is 5. The van der Waals surface area contributed by atoms with Crippen molar-refractivity contribution in [1.82, 2.24) is 14.6 Å². The van der Waals surface area contributed by atoms with Crippen LogP contribution in [-0.2, 0) is 10.0 Å². The fourth-order valence-electron chi connectivity index (χ4n) is 2.63. The summed E-state index contributed by atoms with van der Waals surface area (Å²) in [5, 5.41) is 2.87. The molecule has 1 N–H and O–H groups in total. The maximum absolute atomic E-state index is 12.6. The highest BCUT2D eigenvalue weighted by atomic mass is 35.5. The number of aromatic nitrogens is 1. The lowest BCUT2D eigenvalue weighted by molar-refractivity contribution is 0.0942. The van der Waals surface area contributed by atoms with Crippen molar-refractivity contribution in [2.45, 2.75) is 24.3 Å². The van der Waals surface area contributed by atoms with E-state index in [-0.39, 0.29) is 23.4 Å². The van der Waals surface area contributed by atoms with Gasteiger partial charge >= 0.3 is 0 Å². The summed E-state index contributed by atoms with van der Waals surface area (Å²) in [4.78, 5) is 17.0. The Labute approximate surface area is 149 Å². The summed E-state index contributed by atoms with van der Waals surface area (Å²) in [6, 6.07) is 8.08. The van der Waals surface area contributed by atoms with E-state index in [1.807, 2.05) is 0 Å². The summed E-state index contributed by atoms with van der Waals surface area (Å²) in [7, 11) is -3.52. The third-order valence-electron chi connectivity index (χ3n) is 3.84. The van der Waals surface area contributed by atoms with Gasteiger partial charge in [0.15, 0.2) is 4.47 Å². The van der Waals surface area contributed by atoms with Crippen molar-refractivity contribution in [3.8, 4) is 0 Å². The highest BCUT2D eigenvalue weighted by molar-refractivity contribution is 7.89. The molecule has 0 unspecified atom stereocenters. The number of benzene rings is 1. The SMILES string of the molecule is Cc1nc(Cl)sc1C(=O)N[C@H]1CCN(S(=O)(=O)c2ccccc2)C1. The highest BCUT2D eigenvalue weighted by Crippen LogP contribution is 2.24. The molecule has 1 aromatic heterocycles. The van der Waals surface area contributed by atoms with Crippen LogP contribution in [0.5, 0.6) is 0 Å². The van der Waals surface area contributed by atoms with Crippen molar-refractivity contribution in [2.24, 2.45) is 0 Å². The van der Waals surface area contributed by atoms with Crippen molar-refractivity contribution in [3.63, 3.8) is 0 Å². The molecule has 9 heteroatoms. The van der Waals surface area contributed by atoms with Crippen LogP contribution in [0.4, 0.5) is 0 Å². The minimum absolute atomic E-state index is 0.226. The molecule has 1 aliphatic heterocycles. The third kappa shape index (κ3) is 3.46. The second kappa shape index (κ2) is 6.79. The van der Waals surface area contributed by atoms with Crippen molar-refractivity contribution >= 4 is 38.9 Å². The fourth-order valence-corrected chi connectivity index (χ4v) is 5.21. The molecule has 0 saturated carbocycles. The topological polar surface area (TPSA) is 79.4 Å². The van der Waals surface area contributed by atoms with Gasteiger partial charge in [-0.15, -0.1) is 0 Å². The summed E-state index contributed by atoms with van der Waals surface area (Å²) in [6.45, 7) is 2.36. The zero-order valence-corrected chi connectivity index (χ0v) is 15.3. The van der Waals surface area contributed by atoms with Gasteiger partial charge in [-0.3, -0.25) is 4.79 Å². The second-order valence-corrected chi connectivity index (χ2v) is 9.04. The number of amides is 1. The maximum atomic E-state index is 12.6. The number of nitrogens with one attached hydrogen (secondary N) is 1. The van der Waals surface area contributed by atoms with E-state index in [0.717, 1.165) is 11.3 Å². The summed E-state index contributed by atoms with van der Waals surface area (Å²) < 4.78 is 26.9. The predicted octanol–water partition coefficient (Wildman–Crippen LogP) is 2.30. The van der Waals surface area contributed by atoms with Gasteiger partial charge in [-0.05, 0) is 25.5 Å². The van der Waals surface area contributed by atoms with E-state index < -0.39 is 10.0 Å². The second-order valence-electron chi connectivity index (χ2n) is 5.52. The molecule has 1 aromatic carbocycles. The van der Waals surface area contributed by atoms with Crippen molar-refractivity contribution in [2.75, 3.05) is 13.1 Å². The monoisotopic (exact) mass is 385 g/mol. The minimum atomic E-state index is -3.52. The van der Waals surface area contributed by atoms with E-state index in [2.05, 4.69) is 10.3 Å². The number of aryl methyl sites for hydroxylation is 1. The van der Waals surface area contributed by atoms with Crippen molar-refractivity contribution in [3.05, 3.63) is 45.4 Å². The van der Waals surface area contributed by atoms with Crippen molar-refractivity contribution < 1.29 is 13.2 Å². The maximum Gasteiger partial charge on any atom is 0.263 e. The number of nitrogens with zero attached hydrogens (tertiary/aromatic N) is 2. The van der Waals surface area contributed by atoms with Gasteiger partial charge in [-0.2, -0.15) is 4.31 Å². The Hall–Kier alpha value is -1.48. The summed E-state index contributed by atoms with van der Waals surface area (Å²) in [5.74, 6) is -0.263. The molecule has 1 atom stereocenters. The van der Waals surface area contributed by atoms with Crippen LogP contribution in [-0.4, -0.2) is 42.7 Å². The average Bonchev–Trinajstić information content (AvgIpc) is 3.15. The van der Waals surface area contributed by atoms with Crippen molar-refractivity contribution in [1.29, 1.82) is 0 Å². The largest absolute Gasteiger partial charge is 0.347 e. The van der Waals surface area contributed by atoms with Gasteiger partial charge in [0, 0.05) is 19.1 Å². The Kier molecular flexibility index (Phi) is 4.91.